The van der Waals surface area contributed by atoms with E-state index in [2.05, 4.69) is 5.16 Å². The topological polar surface area (TPSA) is 66.4 Å². The van der Waals surface area contributed by atoms with E-state index in [4.69, 9.17) is 42.3 Å². The number of oxime groups is 1. The Morgan fingerprint density at radius 2 is 1.67 bits per heavy atom. The van der Waals surface area contributed by atoms with E-state index >= 15 is 0 Å². The van der Waals surface area contributed by atoms with Crippen LogP contribution in [0.3, 0.4) is 0 Å². The molecule has 0 bridgehead atoms. The van der Waals surface area contributed by atoms with Crippen molar-refractivity contribution in [2.24, 2.45) is 5.16 Å². The average Bonchev–Trinajstić information content (AvgIpc) is 3.03. The predicted molar refractivity (Wildman–Crippen MR) is 103 cm³/mol. The summed E-state index contributed by atoms with van der Waals surface area (Å²) < 4.78 is 16.0. The van der Waals surface area contributed by atoms with Gasteiger partial charge in [0.1, 0.15) is 5.71 Å². The molecule has 0 spiro atoms. The summed E-state index contributed by atoms with van der Waals surface area (Å²) >= 11 is 12.1. The molecule has 0 N–H and O–H groups in total. The second-order valence-electron chi connectivity index (χ2n) is 5.46. The van der Waals surface area contributed by atoms with Crippen LogP contribution < -0.4 is 14.2 Å². The van der Waals surface area contributed by atoms with Crippen LogP contribution in [0.4, 0.5) is 0 Å². The Hall–Kier alpha value is -2.70. The van der Waals surface area contributed by atoms with Crippen molar-refractivity contribution < 1.29 is 23.8 Å². The van der Waals surface area contributed by atoms with Gasteiger partial charge in [0.15, 0.2) is 11.5 Å². The van der Waals surface area contributed by atoms with Crippen molar-refractivity contribution in [3.8, 4) is 17.2 Å². The molecule has 2 aromatic rings. The first-order chi connectivity index (χ1) is 13.0. The molecule has 140 valence electrons. The van der Waals surface area contributed by atoms with Crippen molar-refractivity contribution in [3.05, 3.63) is 57.1 Å². The van der Waals surface area contributed by atoms with E-state index < -0.39 is 5.97 Å². The number of methoxy groups -OCH3 is 3. The highest BCUT2D eigenvalue weighted by molar-refractivity contribution is 6.36. The lowest BCUT2D eigenvalue weighted by molar-refractivity contribution is -0.136. The molecule has 0 fully saturated rings. The first-order valence-electron chi connectivity index (χ1n) is 7.75. The van der Waals surface area contributed by atoms with E-state index in [0.717, 1.165) is 0 Å². The largest absolute Gasteiger partial charge is 0.493 e. The first-order valence-corrected chi connectivity index (χ1v) is 8.51. The fourth-order valence-corrected chi connectivity index (χ4v) is 3.07. The summed E-state index contributed by atoms with van der Waals surface area (Å²) in [5.41, 5.74) is 1.74. The third kappa shape index (κ3) is 3.72. The fraction of sp³-hybridized carbons (Fsp3) is 0.158. The van der Waals surface area contributed by atoms with Gasteiger partial charge in [-0.25, -0.2) is 4.79 Å². The lowest BCUT2D eigenvalue weighted by Crippen LogP contribution is -2.08. The van der Waals surface area contributed by atoms with E-state index in [9.17, 15) is 4.79 Å². The summed E-state index contributed by atoms with van der Waals surface area (Å²) in [6.45, 7) is 0. The molecular weight excluding hydrogens is 393 g/mol. The maximum atomic E-state index is 12.2. The molecule has 8 heteroatoms. The van der Waals surface area contributed by atoms with Gasteiger partial charge in [0.05, 0.1) is 26.9 Å². The van der Waals surface area contributed by atoms with Gasteiger partial charge in [-0.15, -0.1) is 0 Å². The van der Waals surface area contributed by atoms with Crippen LogP contribution in [0.15, 0.2) is 41.1 Å². The molecule has 1 aliphatic heterocycles. The molecule has 2 aromatic carbocycles. The molecule has 0 amide bonds. The second kappa shape index (κ2) is 7.90. The number of carbonyl (C=O) groups is 1. The van der Waals surface area contributed by atoms with E-state index in [1.165, 1.54) is 21.3 Å². The molecule has 0 aromatic heterocycles. The van der Waals surface area contributed by atoms with Crippen LogP contribution in [0.2, 0.25) is 10.0 Å². The van der Waals surface area contributed by atoms with E-state index in [0.29, 0.717) is 44.1 Å². The third-order valence-corrected chi connectivity index (χ3v) is 4.46. The number of hydrogen-bond donors (Lipinski definition) is 0. The highest BCUT2D eigenvalue weighted by atomic mass is 35.5. The zero-order valence-corrected chi connectivity index (χ0v) is 16.2. The zero-order chi connectivity index (χ0) is 19.6. The van der Waals surface area contributed by atoms with Crippen molar-refractivity contribution in [1.82, 2.24) is 0 Å². The Bertz CT molecular complexity index is 944. The molecule has 27 heavy (non-hydrogen) atoms. The van der Waals surface area contributed by atoms with Gasteiger partial charge in [0, 0.05) is 15.6 Å². The number of rotatable bonds is 5. The maximum absolute atomic E-state index is 12.2. The molecule has 0 saturated heterocycles. The van der Waals surface area contributed by atoms with Gasteiger partial charge in [0.25, 0.3) is 0 Å². The highest BCUT2D eigenvalue weighted by Crippen LogP contribution is 2.39. The van der Waals surface area contributed by atoms with Crippen LogP contribution in [0, 0.1) is 0 Å². The predicted octanol–water partition coefficient (Wildman–Crippen LogP) is 4.36. The number of nitrogens with zero attached hydrogens (tertiary/aromatic N) is 1. The van der Waals surface area contributed by atoms with Crippen molar-refractivity contribution in [2.75, 3.05) is 21.3 Å². The average molecular weight is 408 g/mol. The maximum Gasteiger partial charge on any atom is 0.368 e. The summed E-state index contributed by atoms with van der Waals surface area (Å²) in [5, 5.41) is 4.79. The first kappa shape index (κ1) is 19.1. The minimum Gasteiger partial charge on any atom is -0.493 e. The van der Waals surface area contributed by atoms with E-state index in [1.807, 2.05) is 0 Å². The normalized spacial score (nSPS) is 14.8. The molecule has 3 rings (SSSR count). The summed E-state index contributed by atoms with van der Waals surface area (Å²) in [5.74, 6) is 0.696. The summed E-state index contributed by atoms with van der Waals surface area (Å²) in [6, 6.07) is 8.33. The molecule has 0 aliphatic carbocycles. The molecule has 0 unspecified atom stereocenters. The van der Waals surface area contributed by atoms with Crippen LogP contribution in [0.25, 0.3) is 6.08 Å². The highest BCUT2D eigenvalue weighted by Gasteiger charge is 2.29. The lowest BCUT2D eigenvalue weighted by atomic mass is 9.99. The number of hydrogen-bond acceptors (Lipinski definition) is 6. The summed E-state index contributed by atoms with van der Waals surface area (Å²) in [6.07, 6.45) is 1.59. The van der Waals surface area contributed by atoms with Crippen molar-refractivity contribution in [3.63, 3.8) is 0 Å². The number of carbonyl (C=O) groups excluding carboxylic acids is 1. The molecule has 1 aliphatic rings. The van der Waals surface area contributed by atoms with Gasteiger partial charge in [0.2, 0.25) is 5.75 Å². The smallest absolute Gasteiger partial charge is 0.368 e. The summed E-state index contributed by atoms with van der Waals surface area (Å²) in [4.78, 5) is 17.1. The minimum atomic E-state index is -0.593. The van der Waals surface area contributed by atoms with Crippen molar-refractivity contribution >= 4 is 41.0 Å². The van der Waals surface area contributed by atoms with Crippen molar-refractivity contribution in [2.45, 2.75) is 0 Å². The second-order valence-corrected chi connectivity index (χ2v) is 6.30. The zero-order valence-electron chi connectivity index (χ0n) is 14.7. The summed E-state index contributed by atoms with van der Waals surface area (Å²) in [7, 11) is 4.51. The monoisotopic (exact) mass is 407 g/mol. The quantitative estimate of drug-likeness (QED) is 0.543. The minimum absolute atomic E-state index is 0.244. The van der Waals surface area contributed by atoms with E-state index in [1.54, 1.807) is 36.4 Å². The Labute approximate surface area is 165 Å². The Morgan fingerprint density at radius 1 is 1.00 bits per heavy atom. The Morgan fingerprint density at radius 3 is 2.22 bits per heavy atom. The molecule has 6 nitrogen and oxygen atoms in total. The molecule has 0 atom stereocenters. The van der Waals surface area contributed by atoms with Gasteiger partial charge in [-0.1, -0.05) is 34.4 Å². The Balaban J connectivity index is 2.10. The molecular formula is C19H15Cl2NO5. The molecule has 0 saturated carbocycles. The van der Waals surface area contributed by atoms with Crippen LogP contribution in [-0.2, 0) is 9.63 Å². The number of halogens is 2. The standard InChI is InChI=1S/C19H15Cl2NO5/c1-24-15-7-11(8-16(25-2)18(15)26-3)17-13(19(23)27-22-17)6-10-4-5-12(20)9-14(10)21/h4-9H,1-3H3. The van der Waals surface area contributed by atoms with Crippen LogP contribution in [-0.4, -0.2) is 33.0 Å². The van der Waals surface area contributed by atoms with E-state index in [-0.39, 0.29) is 5.57 Å². The Kier molecular flexibility index (Phi) is 5.58. The third-order valence-electron chi connectivity index (χ3n) is 3.90. The molecule has 1 heterocycles. The van der Waals surface area contributed by atoms with Gasteiger partial charge < -0.3 is 19.0 Å². The van der Waals surface area contributed by atoms with Gasteiger partial charge in [-0.2, -0.15) is 0 Å². The van der Waals surface area contributed by atoms with Gasteiger partial charge in [-0.3, -0.25) is 0 Å². The molecule has 0 radical (unpaired) electrons. The van der Waals surface area contributed by atoms with Crippen LogP contribution in [0.5, 0.6) is 17.2 Å². The number of ether oxygens (including phenoxy) is 3. The van der Waals surface area contributed by atoms with Crippen LogP contribution >= 0.6 is 23.2 Å². The van der Waals surface area contributed by atoms with Gasteiger partial charge in [-0.05, 0) is 35.9 Å². The SMILES string of the molecule is COc1cc(C2=NOC(=O)C2=Cc2ccc(Cl)cc2Cl)cc(OC)c1OC. The van der Waals surface area contributed by atoms with Crippen molar-refractivity contribution in [1.29, 1.82) is 0 Å². The van der Waals surface area contributed by atoms with Gasteiger partial charge >= 0.3 is 5.97 Å². The lowest BCUT2D eigenvalue weighted by Gasteiger charge is -2.14. The van der Waals surface area contributed by atoms with Crippen LogP contribution in [0.1, 0.15) is 11.1 Å². The number of benzene rings is 2. The fourth-order valence-electron chi connectivity index (χ4n) is 2.61.